The number of nitrogens with zero attached hydrogens (tertiary/aromatic N) is 3. The zero-order valence-corrected chi connectivity index (χ0v) is 12.6. The third kappa shape index (κ3) is 2.25. The van der Waals surface area contributed by atoms with Crippen molar-refractivity contribution in [2.45, 2.75) is 13.3 Å². The standard InChI is InChI=1S/C15H13BrN4/c1-2-9-8-13(17)20-15(19-9)11-5-6-12(16)10-4-3-7-18-14(10)11/h3-8H,2H2,1H3,(H2,17,19,20). The smallest absolute Gasteiger partial charge is 0.163 e. The molecule has 100 valence electrons. The number of halogens is 1. The van der Waals surface area contributed by atoms with Crippen molar-refractivity contribution in [1.29, 1.82) is 0 Å². The van der Waals surface area contributed by atoms with E-state index in [4.69, 9.17) is 5.73 Å². The fourth-order valence-electron chi connectivity index (χ4n) is 2.14. The quantitative estimate of drug-likeness (QED) is 0.780. The summed E-state index contributed by atoms with van der Waals surface area (Å²) in [5.41, 5.74) is 8.56. The molecule has 5 heteroatoms. The van der Waals surface area contributed by atoms with E-state index in [0.717, 1.165) is 33.1 Å². The van der Waals surface area contributed by atoms with E-state index in [1.165, 1.54) is 0 Å². The van der Waals surface area contributed by atoms with Gasteiger partial charge >= 0.3 is 0 Å². The number of fused-ring (bicyclic) bond motifs is 1. The predicted octanol–water partition coefficient (Wildman–Crippen LogP) is 3.60. The number of anilines is 1. The maximum absolute atomic E-state index is 5.87. The number of rotatable bonds is 2. The summed E-state index contributed by atoms with van der Waals surface area (Å²) in [5, 5.41) is 1.04. The maximum Gasteiger partial charge on any atom is 0.163 e. The molecule has 0 aliphatic rings. The highest BCUT2D eigenvalue weighted by atomic mass is 79.9. The van der Waals surface area contributed by atoms with Crippen LogP contribution in [-0.4, -0.2) is 15.0 Å². The summed E-state index contributed by atoms with van der Waals surface area (Å²) >= 11 is 3.54. The van der Waals surface area contributed by atoms with Gasteiger partial charge in [-0.1, -0.05) is 28.9 Å². The van der Waals surface area contributed by atoms with Crippen LogP contribution in [-0.2, 0) is 6.42 Å². The summed E-state index contributed by atoms with van der Waals surface area (Å²) in [6.45, 7) is 2.05. The molecule has 2 N–H and O–H groups in total. The van der Waals surface area contributed by atoms with Crippen molar-refractivity contribution < 1.29 is 0 Å². The number of nitrogens with two attached hydrogens (primary N) is 1. The molecule has 3 aromatic rings. The number of aromatic nitrogens is 3. The van der Waals surface area contributed by atoms with Gasteiger partial charge in [0.2, 0.25) is 0 Å². The summed E-state index contributed by atoms with van der Waals surface area (Å²) in [4.78, 5) is 13.4. The van der Waals surface area contributed by atoms with E-state index >= 15 is 0 Å². The first-order chi connectivity index (χ1) is 9.69. The lowest BCUT2D eigenvalue weighted by molar-refractivity contribution is 1.01. The minimum atomic E-state index is 0.485. The highest BCUT2D eigenvalue weighted by Crippen LogP contribution is 2.30. The molecule has 0 aliphatic carbocycles. The first-order valence-corrected chi connectivity index (χ1v) is 7.15. The largest absolute Gasteiger partial charge is 0.384 e. The Hall–Kier alpha value is -2.01. The van der Waals surface area contributed by atoms with Crippen molar-refractivity contribution in [3.8, 4) is 11.4 Å². The molecule has 0 atom stereocenters. The van der Waals surface area contributed by atoms with E-state index in [-0.39, 0.29) is 0 Å². The minimum Gasteiger partial charge on any atom is -0.384 e. The number of hydrogen-bond donors (Lipinski definition) is 1. The van der Waals surface area contributed by atoms with Crippen LogP contribution in [0.15, 0.2) is 41.0 Å². The van der Waals surface area contributed by atoms with E-state index in [1.807, 2.05) is 31.2 Å². The third-order valence-electron chi connectivity index (χ3n) is 3.12. The molecular weight excluding hydrogens is 316 g/mol. The number of hydrogen-bond acceptors (Lipinski definition) is 4. The molecule has 4 nitrogen and oxygen atoms in total. The second kappa shape index (κ2) is 5.17. The number of nitrogen functional groups attached to an aromatic ring is 1. The van der Waals surface area contributed by atoms with Gasteiger partial charge in [0.1, 0.15) is 5.82 Å². The van der Waals surface area contributed by atoms with Crippen LogP contribution in [0.1, 0.15) is 12.6 Å². The van der Waals surface area contributed by atoms with Gasteiger partial charge in [0.05, 0.1) is 5.52 Å². The molecule has 0 bridgehead atoms. The van der Waals surface area contributed by atoms with Crippen molar-refractivity contribution in [3.63, 3.8) is 0 Å². The van der Waals surface area contributed by atoms with Crippen LogP contribution in [0.25, 0.3) is 22.3 Å². The van der Waals surface area contributed by atoms with E-state index < -0.39 is 0 Å². The van der Waals surface area contributed by atoms with Crippen LogP contribution in [0, 0.1) is 0 Å². The Bertz CT molecular complexity index is 786. The van der Waals surface area contributed by atoms with Crippen LogP contribution in [0.4, 0.5) is 5.82 Å². The summed E-state index contributed by atoms with van der Waals surface area (Å²) in [6, 6.07) is 9.68. The lowest BCUT2D eigenvalue weighted by Crippen LogP contribution is -2.00. The highest BCUT2D eigenvalue weighted by Gasteiger charge is 2.11. The Labute approximate surface area is 125 Å². The van der Waals surface area contributed by atoms with E-state index in [0.29, 0.717) is 11.6 Å². The van der Waals surface area contributed by atoms with Crippen LogP contribution >= 0.6 is 15.9 Å². The molecule has 1 aromatic carbocycles. The first-order valence-electron chi connectivity index (χ1n) is 6.36. The second-order valence-corrected chi connectivity index (χ2v) is 5.31. The fourth-order valence-corrected chi connectivity index (χ4v) is 2.59. The van der Waals surface area contributed by atoms with Gasteiger partial charge in [-0.25, -0.2) is 9.97 Å². The van der Waals surface area contributed by atoms with Crippen LogP contribution in [0.2, 0.25) is 0 Å². The van der Waals surface area contributed by atoms with Crippen molar-refractivity contribution in [2.75, 3.05) is 5.73 Å². The Kier molecular flexibility index (Phi) is 3.36. The molecule has 3 rings (SSSR count). The third-order valence-corrected chi connectivity index (χ3v) is 3.81. The maximum atomic E-state index is 5.87. The highest BCUT2D eigenvalue weighted by molar-refractivity contribution is 9.10. The van der Waals surface area contributed by atoms with Crippen LogP contribution in [0.3, 0.4) is 0 Å². The molecule has 0 unspecified atom stereocenters. The van der Waals surface area contributed by atoms with E-state index in [2.05, 4.69) is 30.9 Å². The Morgan fingerprint density at radius 2 is 2.05 bits per heavy atom. The molecule has 2 heterocycles. The average molecular weight is 329 g/mol. The lowest BCUT2D eigenvalue weighted by Gasteiger charge is -2.08. The van der Waals surface area contributed by atoms with Crippen molar-refractivity contribution in [2.24, 2.45) is 0 Å². The Balaban J connectivity index is 2.30. The van der Waals surface area contributed by atoms with Gasteiger partial charge in [0.25, 0.3) is 0 Å². The van der Waals surface area contributed by atoms with Gasteiger partial charge in [-0.05, 0) is 24.6 Å². The van der Waals surface area contributed by atoms with Gasteiger partial charge in [-0.15, -0.1) is 0 Å². The molecule has 0 saturated carbocycles. The normalized spacial score (nSPS) is 10.9. The summed E-state index contributed by atoms with van der Waals surface area (Å²) in [6.07, 6.45) is 2.59. The fraction of sp³-hybridized carbons (Fsp3) is 0.133. The summed E-state index contributed by atoms with van der Waals surface area (Å²) in [7, 11) is 0. The van der Waals surface area contributed by atoms with Gasteiger partial charge in [0, 0.05) is 33.4 Å². The van der Waals surface area contributed by atoms with Crippen molar-refractivity contribution >= 4 is 32.7 Å². The minimum absolute atomic E-state index is 0.485. The number of pyridine rings is 1. The average Bonchev–Trinajstić information content (AvgIpc) is 2.47. The molecule has 0 fully saturated rings. The molecule has 0 spiro atoms. The number of benzene rings is 1. The molecule has 0 saturated heterocycles. The summed E-state index contributed by atoms with van der Waals surface area (Å²) in [5.74, 6) is 1.11. The molecule has 0 radical (unpaired) electrons. The summed E-state index contributed by atoms with van der Waals surface area (Å²) < 4.78 is 1.00. The molecular formula is C15H13BrN4. The predicted molar refractivity (Wildman–Crippen MR) is 84.3 cm³/mol. The van der Waals surface area contributed by atoms with Crippen molar-refractivity contribution in [3.05, 3.63) is 46.7 Å². The van der Waals surface area contributed by atoms with Gasteiger partial charge in [0.15, 0.2) is 5.82 Å². The molecule has 0 aliphatic heterocycles. The van der Waals surface area contributed by atoms with Crippen molar-refractivity contribution in [1.82, 2.24) is 15.0 Å². The van der Waals surface area contributed by atoms with Gasteiger partial charge in [-0.2, -0.15) is 0 Å². The molecule has 20 heavy (non-hydrogen) atoms. The monoisotopic (exact) mass is 328 g/mol. The first kappa shape index (κ1) is 13.0. The van der Waals surface area contributed by atoms with E-state index in [1.54, 1.807) is 12.3 Å². The topological polar surface area (TPSA) is 64.7 Å². The Morgan fingerprint density at radius 1 is 1.20 bits per heavy atom. The second-order valence-electron chi connectivity index (χ2n) is 4.46. The zero-order chi connectivity index (χ0) is 14.1. The van der Waals surface area contributed by atoms with Gasteiger partial charge < -0.3 is 5.73 Å². The zero-order valence-electron chi connectivity index (χ0n) is 11.0. The van der Waals surface area contributed by atoms with Gasteiger partial charge in [-0.3, -0.25) is 4.98 Å². The SMILES string of the molecule is CCc1cc(N)nc(-c2ccc(Br)c3cccnc23)n1. The lowest BCUT2D eigenvalue weighted by atomic mass is 10.1. The van der Waals surface area contributed by atoms with Crippen LogP contribution in [0.5, 0.6) is 0 Å². The molecule has 0 amide bonds. The Morgan fingerprint density at radius 3 is 2.85 bits per heavy atom. The van der Waals surface area contributed by atoms with Crippen LogP contribution < -0.4 is 5.73 Å². The van der Waals surface area contributed by atoms with E-state index in [9.17, 15) is 0 Å². The molecule has 2 aromatic heterocycles. The number of aryl methyl sites for hydroxylation is 1.